The second kappa shape index (κ2) is 7.94. The molecule has 0 saturated carbocycles. The molecule has 6 heteroatoms. The van der Waals surface area contributed by atoms with Crippen LogP contribution in [-0.4, -0.2) is 29.0 Å². The highest BCUT2D eigenvalue weighted by atomic mass is 15.3. The molecular weight excluding hydrogens is 336 g/mol. The molecule has 27 heavy (non-hydrogen) atoms. The molecule has 142 valence electrons. The molecule has 1 aromatic carbocycles. The zero-order chi connectivity index (χ0) is 18.6. The fourth-order valence-electron chi connectivity index (χ4n) is 4.00. The molecule has 0 amide bonds. The van der Waals surface area contributed by atoms with Gasteiger partial charge in [0, 0.05) is 24.5 Å². The zero-order valence-electron chi connectivity index (χ0n) is 16.0. The monoisotopic (exact) mass is 364 g/mol. The van der Waals surface area contributed by atoms with Gasteiger partial charge in [0.05, 0.1) is 12.2 Å². The van der Waals surface area contributed by atoms with Crippen LogP contribution in [0.5, 0.6) is 0 Å². The molecule has 2 aromatic rings. The van der Waals surface area contributed by atoms with Gasteiger partial charge in [-0.05, 0) is 68.7 Å². The molecule has 0 unspecified atom stereocenters. The quantitative estimate of drug-likeness (QED) is 0.643. The molecule has 0 radical (unpaired) electrons. The van der Waals surface area contributed by atoms with Gasteiger partial charge in [0.1, 0.15) is 0 Å². The third kappa shape index (κ3) is 4.21. The highest BCUT2D eigenvalue weighted by Crippen LogP contribution is 2.27. The van der Waals surface area contributed by atoms with Gasteiger partial charge in [-0.1, -0.05) is 12.1 Å². The van der Waals surface area contributed by atoms with Crippen molar-refractivity contribution in [3.8, 4) is 0 Å². The molecule has 1 aromatic heterocycles. The van der Waals surface area contributed by atoms with Crippen molar-refractivity contribution in [3.63, 3.8) is 0 Å². The standard InChI is InChI=1S/C21H28N6/c1-15-13-17(25-21(24-15)27-11-4-5-12-27)14-23-20(22)26-19-10-6-8-16-7-2-3-9-18(16)19/h6,8,10,13H,2-5,7,9,11-12,14H2,1H3,(H3,22,23,26). The molecule has 6 nitrogen and oxygen atoms in total. The van der Waals surface area contributed by atoms with Crippen LogP contribution in [0.25, 0.3) is 0 Å². The first-order chi connectivity index (χ1) is 13.2. The number of aliphatic imine (C=N–C) groups is 1. The fourth-order valence-corrected chi connectivity index (χ4v) is 4.00. The van der Waals surface area contributed by atoms with Crippen LogP contribution in [0.4, 0.5) is 11.6 Å². The lowest BCUT2D eigenvalue weighted by molar-refractivity contribution is 0.687. The van der Waals surface area contributed by atoms with Gasteiger partial charge in [-0.15, -0.1) is 0 Å². The van der Waals surface area contributed by atoms with E-state index in [9.17, 15) is 0 Å². The van der Waals surface area contributed by atoms with Gasteiger partial charge in [-0.3, -0.25) is 0 Å². The normalized spacial score (nSPS) is 17.1. The molecule has 2 heterocycles. The zero-order valence-corrected chi connectivity index (χ0v) is 16.0. The van der Waals surface area contributed by atoms with Crippen molar-refractivity contribution in [2.75, 3.05) is 23.3 Å². The molecule has 0 bridgehead atoms. The van der Waals surface area contributed by atoms with Gasteiger partial charge >= 0.3 is 0 Å². The largest absolute Gasteiger partial charge is 0.370 e. The van der Waals surface area contributed by atoms with Crippen molar-refractivity contribution in [1.29, 1.82) is 0 Å². The first-order valence-electron chi connectivity index (χ1n) is 9.96. The number of hydrogen-bond donors (Lipinski definition) is 2. The molecule has 4 rings (SSSR count). The Morgan fingerprint density at radius 3 is 2.81 bits per heavy atom. The van der Waals surface area contributed by atoms with E-state index in [-0.39, 0.29) is 0 Å². The topological polar surface area (TPSA) is 79.4 Å². The summed E-state index contributed by atoms with van der Waals surface area (Å²) in [6, 6.07) is 8.39. The Labute approximate surface area is 160 Å². The maximum absolute atomic E-state index is 6.17. The minimum atomic E-state index is 0.438. The lowest BCUT2D eigenvalue weighted by Gasteiger charge is -2.20. The number of aromatic nitrogens is 2. The number of nitrogens with zero attached hydrogens (tertiary/aromatic N) is 4. The molecule has 1 saturated heterocycles. The molecule has 1 aliphatic carbocycles. The third-order valence-electron chi connectivity index (χ3n) is 5.35. The van der Waals surface area contributed by atoms with Crippen LogP contribution < -0.4 is 16.0 Å². The molecule has 0 spiro atoms. The van der Waals surface area contributed by atoms with Gasteiger partial charge in [0.15, 0.2) is 5.96 Å². The molecule has 1 fully saturated rings. The van der Waals surface area contributed by atoms with Crippen LogP contribution in [0.15, 0.2) is 29.3 Å². The number of nitrogens with two attached hydrogens (primary N) is 1. The number of anilines is 2. The number of nitrogens with one attached hydrogen (secondary N) is 1. The van der Waals surface area contributed by atoms with Crippen LogP contribution in [0.3, 0.4) is 0 Å². The average Bonchev–Trinajstić information content (AvgIpc) is 3.21. The summed E-state index contributed by atoms with van der Waals surface area (Å²) in [6.07, 6.45) is 7.19. The summed E-state index contributed by atoms with van der Waals surface area (Å²) in [5.41, 5.74) is 12.0. The lowest BCUT2D eigenvalue weighted by Crippen LogP contribution is -2.24. The highest BCUT2D eigenvalue weighted by molar-refractivity contribution is 5.93. The maximum Gasteiger partial charge on any atom is 0.225 e. The van der Waals surface area contributed by atoms with E-state index >= 15 is 0 Å². The Hall–Kier alpha value is -2.63. The number of benzene rings is 1. The Morgan fingerprint density at radius 2 is 1.96 bits per heavy atom. The minimum absolute atomic E-state index is 0.438. The van der Waals surface area contributed by atoms with Crippen LogP contribution in [0, 0.1) is 6.92 Å². The highest BCUT2D eigenvalue weighted by Gasteiger charge is 2.16. The van der Waals surface area contributed by atoms with E-state index in [0.29, 0.717) is 12.5 Å². The summed E-state index contributed by atoms with van der Waals surface area (Å²) in [6.45, 7) is 4.54. The minimum Gasteiger partial charge on any atom is -0.370 e. The third-order valence-corrected chi connectivity index (χ3v) is 5.35. The summed E-state index contributed by atoms with van der Waals surface area (Å²) in [5, 5.41) is 3.30. The van der Waals surface area contributed by atoms with Crippen LogP contribution in [-0.2, 0) is 19.4 Å². The molecule has 3 N–H and O–H groups in total. The molecular formula is C21H28N6. The van der Waals surface area contributed by atoms with Crippen molar-refractivity contribution < 1.29 is 0 Å². The van der Waals surface area contributed by atoms with Gasteiger partial charge < -0.3 is 16.0 Å². The predicted octanol–water partition coefficient (Wildman–Crippen LogP) is 3.19. The molecule has 0 atom stereocenters. The van der Waals surface area contributed by atoms with E-state index in [1.54, 1.807) is 0 Å². The molecule has 1 aliphatic heterocycles. The number of guanidine groups is 1. The molecule has 2 aliphatic rings. The number of hydrogen-bond acceptors (Lipinski definition) is 4. The second-order valence-electron chi connectivity index (χ2n) is 7.47. The average molecular weight is 364 g/mol. The van der Waals surface area contributed by atoms with E-state index in [1.807, 2.05) is 13.0 Å². The van der Waals surface area contributed by atoms with Crippen molar-refractivity contribution in [1.82, 2.24) is 9.97 Å². The van der Waals surface area contributed by atoms with Crippen LogP contribution in [0.2, 0.25) is 0 Å². The summed E-state index contributed by atoms with van der Waals surface area (Å²) in [5.74, 6) is 1.26. The van der Waals surface area contributed by atoms with Crippen molar-refractivity contribution in [3.05, 3.63) is 46.8 Å². The predicted molar refractivity (Wildman–Crippen MR) is 110 cm³/mol. The first kappa shape index (κ1) is 17.8. The number of aryl methyl sites for hydroxylation is 2. The van der Waals surface area contributed by atoms with Gasteiger partial charge in [0.25, 0.3) is 0 Å². The van der Waals surface area contributed by atoms with Crippen molar-refractivity contribution in [2.24, 2.45) is 10.7 Å². The van der Waals surface area contributed by atoms with Crippen molar-refractivity contribution >= 4 is 17.6 Å². The SMILES string of the molecule is Cc1cc(CN=C(N)Nc2cccc3c2CCCC3)nc(N2CCCC2)n1. The summed E-state index contributed by atoms with van der Waals surface area (Å²) in [7, 11) is 0. The smallest absolute Gasteiger partial charge is 0.225 e. The summed E-state index contributed by atoms with van der Waals surface area (Å²) in [4.78, 5) is 16.0. The Kier molecular flexibility index (Phi) is 5.23. The van der Waals surface area contributed by atoms with Crippen LogP contribution >= 0.6 is 0 Å². The van der Waals surface area contributed by atoms with Gasteiger partial charge in [0.2, 0.25) is 5.95 Å². The van der Waals surface area contributed by atoms with Gasteiger partial charge in [-0.25, -0.2) is 15.0 Å². The maximum atomic E-state index is 6.17. The fraction of sp³-hybridized carbons (Fsp3) is 0.476. The van der Waals surface area contributed by atoms with E-state index in [4.69, 9.17) is 5.73 Å². The second-order valence-corrected chi connectivity index (χ2v) is 7.47. The first-order valence-corrected chi connectivity index (χ1v) is 9.96. The van der Waals surface area contributed by atoms with E-state index in [2.05, 4.69) is 43.4 Å². The van der Waals surface area contributed by atoms with Crippen LogP contribution in [0.1, 0.15) is 48.2 Å². The van der Waals surface area contributed by atoms with E-state index in [1.165, 1.54) is 36.8 Å². The number of fused-ring (bicyclic) bond motifs is 1. The van der Waals surface area contributed by atoms with Crippen molar-refractivity contribution in [2.45, 2.75) is 52.0 Å². The van der Waals surface area contributed by atoms with E-state index in [0.717, 1.165) is 49.0 Å². The van der Waals surface area contributed by atoms with E-state index < -0.39 is 0 Å². The Bertz CT molecular complexity index is 839. The Morgan fingerprint density at radius 1 is 1.15 bits per heavy atom. The Balaban J connectivity index is 1.47. The van der Waals surface area contributed by atoms with Gasteiger partial charge in [-0.2, -0.15) is 0 Å². The summed E-state index contributed by atoms with van der Waals surface area (Å²) < 4.78 is 0. The number of rotatable bonds is 4. The summed E-state index contributed by atoms with van der Waals surface area (Å²) >= 11 is 0. The lowest BCUT2D eigenvalue weighted by atomic mass is 9.90.